The number of hydrogen-bond donors (Lipinski definition) is 0. The van der Waals surface area contributed by atoms with Crippen molar-refractivity contribution in [1.29, 1.82) is 0 Å². The van der Waals surface area contributed by atoms with Crippen LogP contribution in [0.25, 0.3) is 0 Å². The summed E-state index contributed by atoms with van der Waals surface area (Å²) in [4.78, 5) is 26.3. The van der Waals surface area contributed by atoms with Crippen LogP contribution in [0.2, 0.25) is 0 Å². The fourth-order valence-electron chi connectivity index (χ4n) is 3.53. The molecule has 2 rings (SSSR count). The highest BCUT2D eigenvalue weighted by Gasteiger charge is 2.35. The smallest absolute Gasteiger partial charge is 0.355 e. The third kappa shape index (κ3) is 5.27. The average molecular weight is 390 g/mol. The zero-order valence-corrected chi connectivity index (χ0v) is 18.6. The molecule has 5 nitrogen and oxygen atoms in total. The van der Waals surface area contributed by atoms with E-state index in [-0.39, 0.29) is 18.0 Å². The second kappa shape index (κ2) is 8.14. The number of ether oxygens (including phenoxy) is 2. The Bertz CT molecular complexity index is 710. The van der Waals surface area contributed by atoms with Crippen LogP contribution in [0.4, 0.5) is 0 Å². The summed E-state index contributed by atoms with van der Waals surface area (Å²) in [5.74, 6) is -0.756. The molecule has 0 saturated carbocycles. The molecule has 0 radical (unpaired) electrons. The normalized spacial score (nSPS) is 16.2. The number of esters is 2. The highest BCUT2D eigenvalue weighted by molar-refractivity contribution is 5.97. The lowest BCUT2D eigenvalue weighted by Gasteiger charge is -2.24. The molecule has 28 heavy (non-hydrogen) atoms. The molecule has 1 aliphatic rings. The predicted molar refractivity (Wildman–Crippen MR) is 111 cm³/mol. The predicted octanol–water partition coefficient (Wildman–Crippen LogP) is 5.41. The van der Waals surface area contributed by atoms with Crippen LogP contribution < -0.4 is 0 Å². The maximum Gasteiger partial charge on any atom is 0.355 e. The first kappa shape index (κ1) is 22.3. The monoisotopic (exact) mass is 389 g/mol. The minimum Gasteiger partial charge on any atom is -0.455 e. The standard InChI is InChI=1S/C23H35NO4/c1-15(2)24-18(20(25)27-22(3,4)5)16-13-11-9-10-12-14-17(16)19(24)21(26)28-23(6,7)8/h9-10,15H,11-14H2,1-8H3/b10-9-. The van der Waals surface area contributed by atoms with Crippen molar-refractivity contribution in [2.45, 2.75) is 98.3 Å². The van der Waals surface area contributed by atoms with Crippen molar-refractivity contribution < 1.29 is 19.1 Å². The quantitative estimate of drug-likeness (QED) is 0.512. The zero-order valence-electron chi connectivity index (χ0n) is 18.6. The van der Waals surface area contributed by atoms with Crippen molar-refractivity contribution >= 4 is 11.9 Å². The van der Waals surface area contributed by atoms with Crippen LogP contribution in [0.1, 0.15) is 106 Å². The summed E-state index contributed by atoms with van der Waals surface area (Å²) in [6.07, 6.45) is 7.35. The molecule has 0 N–H and O–H groups in total. The lowest BCUT2D eigenvalue weighted by Crippen LogP contribution is -2.29. The molecule has 156 valence electrons. The van der Waals surface area contributed by atoms with Gasteiger partial charge < -0.3 is 14.0 Å². The van der Waals surface area contributed by atoms with E-state index in [2.05, 4.69) is 12.2 Å². The summed E-state index contributed by atoms with van der Waals surface area (Å²) in [6, 6.07) is -0.0775. The van der Waals surface area contributed by atoms with Gasteiger partial charge in [-0.15, -0.1) is 0 Å². The van der Waals surface area contributed by atoms with E-state index < -0.39 is 11.2 Å². The van der Waals surface area contributed by atoms with E-state index in [1.807, 2.05) is 60.0 Å². The molecule has 1 aromatic rings. The first-order valence-electron chi connectivity index (χ1n) is 10.2. The van der Waals surface area contributed by atoms with Gasteiger partial charge in [-0.25, -0.2) is 9.59 Å². The molecule has 0 aliphatic heterocycles. The van der Waals surface area contributed by atoms with E-state index in [1.165, 1.54) is 0 Å². The molecule has 1 aromatic heterocycles. The molecule has 0 aromatic carbocycles. The van der Waals surface area contributed by atoms with E-state index in [9.17, 15) is 9.59 Å². The number of hydrogen-bond acceptors (Lipinski definition) is 4. The summed E-state index contributed by atoms with van der Waals surface area (Å²) >= 11 is 0. The first-order valence-corrected chi connectivity index (χ1v) is 10.2. The summed E-state index contributed by atoms with van der Waals surface area (Å²) < 4.78 is 13.3. The maximum atomic E-state index is 13.2. The molecule has 0 bridgehead atoms. The van der Waals surface area contributed by atoms with Crippen molar-refractivity contribution in [1.82, 2.24) is 4.57 Å². The van der Waals surface area contributed by atoms with Gasteiger partial charge in [0.1, 0.15) is 22.6 Å². The van der Waals surface area contributed by atoms with E-state index in [0.717, 1.165) is 24.0 Å². The fourth-order valence-corrected chi connectivity index (χ4v) is 3.53. The van der Waals surface area contributed by atoms with Gasteiger partial charge in [0.2, 0.25) is 0 Å². The van der Waals surface area contributed by atoms with Gasteiger partial charge >= 0.3 is 11.9 Å². The molecule has 0 unspecified atom stereocenters. The van der Waals surface area contributed by atoms with E-state index in [0.29, 0.717) is 24.2 Å². The van der Waals surface area contributed by atoms with Crippen molar-refractivity contribution in [2.24, 2.45) is 0 Å². The number of nitrogens with zero attached hydrogens (tertiary/aromatic N) is 1. The van der Waals surface area contributed by atoms with Gasteiger partial charge in [-0.3, -0.25) is 0 Å². The molecule has 1 heterocycles. The lowest BCUT2D eigenvalue weighted by atomic mass is 9.96. The van der Waals surface area contributed by atoms with Crippen molar-refractivity contribution in [3.05, 3.63) is 34.7 Å². The van der Waals surface area contributed by atoms with Crippen LogP contribution in [-0.2, 0) is 22.3 Å². The summed E-state index contributed by atoms with van der Waals surface area (Å²) in [7, 11) is 0. The fraction of sp³-hybridized carbons (Fsp3) is 0.652. The van der Waals surface area contributed by atoms with Gasteiger partial charge in [0, 0.05) is 6.04 Å². The van der Waals surface area contributed by atoms with Gasteiger partial charge in [0.25, 0.3) is 0 Å². The summed E-state index contributed by atoms with van der Waals surface area (Å²) in [6.45, 7) is 15.1. The van der Waals surface area contributed by atoms with Crippen LogP contribution in [-0.4, -0.2) is 27.7 Å². The van der Waals surface area contributed by atoms with Gasteiger partial charge in [0.05, 0.1) is 0 Å². The van der Waals surface area contributed by atoms with Gasteiger partial charge in [0.15, 0.2) is 0 Å². The average Bonchev–Trinajstić information content (AvgIpc) is 2.77. The Morgan fingerprint density at radius 1 is 0.821 bits per heavy atom. The Morgan fingerprint density at radius 3 is 1.46 bits per heavy atom. The third-order valence-corrected chi connectivity index (χ3v) is 4.41. The molecule has 0 fully saturated rings. The van der Waals surface area contributed by atoms with Crippen LogP contribution in [0, 0.1) is 0 Å². The van der Waals surface area contributed by atoms with Crippen LogP contribution in [0.15, 0.2) is 12.2 Å². The second-order valence-corrected chi connectivity index (χ2v) is 9.67. The largest absolute Gasteiger partial charge is 0.455 e. The summed E-state index contributed by atoms with van der Waals surface area (Å²) in [5.41, 5.74) is 1.63. The third-order valence-electron chi connectivity index (χ3n) is 4.41. The minimum atomic E-state index is -0.607. The number of fused-ring (bicyclic) bond motifs is 1. The van der Waals surface area contributed by atoms with E-state index in [1.54, 1.807) is 0 Å². The minimum absolute atomic E-state index is 0.0775. The topological polar surface area (TPSA) is 57.5 Å². The Labute approximate surface area is 169 Å². The highest BCUT2D eigenvalue weighted by Crippen LogP contribution is 2.33. The summed E-state index contributed by atoms with van der Waals surface area (Å²) in [5, 5.41) is 0. The molecule has 1 aliphatic carbocycles. The molecule has 0 spiro atoms. The Hall–Kier alpha value is -2.04. The number of aromatic nitrogens is 1. The molecule has 5 heteroatoms. The molecular weight excluding hydrogens is 354 g/mol. The lowest BCUT2D eigenvalue weighted by molar-refractivity contribution is 0.00467. The van der Waals surface area contributed by atoms with Gasteiger partial charge in [-0.2, -0.15) is 0 Å². The Balaban J connectivity index is 2.71. The second-order valence-electron chi connectivity index (χ2n) is 9.67. The van der Waals surface area contributed by atoms with E-state index >= 15 is 0 Å². The van der Waals surface area contributed by atoms with Crippen LogP contribution >= 0.6 is 0 Å². The number of carbonyl (C=O) groups excluding carboxylic acids is 2. The number of allylic oxidation sites excluding steroid dienone is 2. The van der Waals surface area contributed by atoms with Crippen molar-refractivity contribution in [3.8, 4) is 0 Å². The van der Waals surface area contributed by atoms with Gasteiger partial charge in [-0.1, -0.05) is 12.2 Å². The SMILES string of the molecule is CC(C)n1c(C(=O)OC(C)(C)C)c2c(c1C(=O)OC(C)(C)C)CC/C=C\CC2. The zero-order chi connectivity index (χ0) is 21.3. The Kier molecular flexibility index (Phi) is 6.47. The van der Waals surface area contributed by atoms with Crippen LogP contribution in [0.5, 0.6) is 0 Å². The van der Waals surface area contributed by atoms with E-state index in [4.69, 9.17) is 9.47 Å². The van der Waals surface area contributed by atoms with Gasteiger partial charge in [-0.05, 0) is 92.2 Å². The molecule has 0 atom stereocenters. The van der Waals surface area contributed by atoms with Crippen molar-refractivity contribution in [3.63, 3.8) is 0 Å². The first-order chi connectivity index (χ1) is 12.8. The number of carbonyl (C=O) groups is 2. The highest BCUT2D eigenvalue weighted by atomic mass is 16.6. The Morgan fingerprint density at radius 2 is 1.18 bits per heavy atom. The van der Waals surface area contributed by atoms with Crippen LogP contribution in [0.3, 0.4) is 0 Å². The molecule has 0 saturated heterocycles. The number of rotatable bonds is 3. The van der Waals surface area contributed by atoms with Crippen molar-refractivity contribution in [2.75, 3.05) is 0 Å². The molecule has 0 amide bonds. The maximum absolute atomic E-state index is 13.2. The molecular formula is C23H35NO4.